The number of hydrogen-bond acceptors (Lipinski definition) is 5. The molecule has 180 valence electrons. The molecular weight excluding hydrogens is 475 g/mol. The molecule has 10 heteroatoms. The molecule has 1 aromatic heterocycles. The Kier molecular flexibility index (Phi) is 5.17. The first-order chi connectivity index (χ1) is 16.8. The van der Waals surface area contributed by atoms with Gasteiger partial charge in [-0.05, 0) is 49.1 Å². The minimum Gasteiger partial charge on any atom is -0.289 e. The lowest BCUT2D eigenvalue weighted by molar-refractivity contribution is -0.137. The van der Waals surface area contributed by atoms with Crippen molar-refractivity contribution in [1.29, 1.82) is 0 Å². The molecule has 1 fully saturated rings. The second-order valence-electron chi connectivity index (χ2n) is 9.00. The number of halogens is 3. The fourth-order valence-electron chi connectivity index (χ4n) is 5.06. The molecule has 2 aromatic carbocycles. The highest BCUT2D eigenvalue weighted by molar-refractivity contribution is 7.99. The Morgan fingerprint density at radius 1 is 1.06 bits per heavy atom. The van der Waals surface area contributed by atoms with Crippen molar-refractivity contribution in [3.8, 4) is 0 Å². The van der Waals surface area contributed by atoms with E-state index in [1.165, 1.54) is 23.9 Å². The van der Waals surface area contributed by atoms with Crippen LogP contribution in [0.4, 0.5) is 19.0 Å². The summed E-state index contributed by atoms with van der Waals surface area (Å²) in [4.78, 5) is 23.0. The zero-order valence-electron chi connectivity index (χ0n) is 18.9. The monoisotopic (exact) mass is 497 g/mol. The summed E-state index contributed by atoms with van der Waals surface area (Å²) in [7, 11) is 1.74. The predicted octanol–water partition coefficient (Wildman–Crippen LogP) is 5.28. The number of carbonyl (C=O) groups is 1. The van der Waals surface area contributed by atoms with E-state index in [9.17, 15) is 18.0 Å². The molecule has 0 N–H and O–H groups in total. The maximum absolute atomic E-state index is 13.5. The number of hydrogen-bond donors (Lipinski definition) is 0. The van der Waals surface area contributed by atoms with E-state index < -0.39 is 11.7 Å². The number of fused-ring (bicyclic) bond motifs is 5. The lowest BCUT2D eigenvalue weighted by Crippen LogP contribution is -2.51. The highest BCUT2D eigenvalue weighted by atomic mass is 32.2. The Bertz CT molecular complexity index is 1320. The number of nitrogens with zero attached hydrogens (tertiary/aromatic N) is 5. The molecule has 0 unspecified atom stereocenters. The van der Waals surface area contributed by atoms with Crippen molar-refractivity contribution in [2.75, 3.05) is 11.9 Å². The molecule has 0 bridgehead atoms. The van der Waals surface area contributed by atoms with Gasteiger partial charge >= 0.3 is 6.18 Å². The maximum atomic E-state index is 13.5. The van der Waals surface area contributed by atoms with Gasteiger partial charge in [-0.25, -0.2) is 4.99 Å². The van der Waals surface area contributed by atoms with Crippen LogP contribution in [0, 0.1) is 0 Å². The lowest BCUT2D eigenvalue weighted by Gasteiger charge is -2.34. The Morgan fingerprint density at radius 2 is 1.80 bits per heavy atom. The topological polar surface area (TPSA) is 53.7 Å². The summed E-state index contributed by atoms with van der Waals surface area (Å²) in [6, 6.07) is 15.1. The van der Waals surface area contributed by atoms with Crippen molar-refractivity contribution in [2.45, 2.75) is 54.0 Å². The first-order valence-electron chi connectivity index (χ1n) is 11.5. The first kappa shape index (κ1) is 22.2. The summed E-state index contributed by atoms with van der Waals surface area (Å²) in [6.45, 7) is 0.242. The van der Waals surface area contributed by atoms with Gasteiger partial charge < -0.3 is 0 Å². The second-order valence-corrected chi connectivity index (χ2v) is 10.1. The normalized spacial score (nSPS) is 21.1. The van der Waals surface area contributed by atoms with Gasteiger partial charge in [-0.15, -0.1) is 0 Å². The second kappa shape index (κ2) is 8.15. The molecule has 1 saturated carbocycles. The van der Waals surface area contributed by atoms with E-state index in [4.69, 9.17) is 10.1 Å². The molecule has 2 aliphatic heterocycles. The predicted molar refractivity (Wildman–Crippen MR) is 127 cm³/mol. The third kappa shape index (κ3) is 3.71. The molecule has 0 radical (unpaired) electrons. The molecule has 2 atom stereocenters. The van der Waals surface area contributed by atoms with E-state index >= 15 is 0 Å². The van der Waals surface area contributed by atoms with Crippen LogP contribution in [0.2, 0.25) is 0 Å². The summed E-state index contributed by atoms with van der Waals surface area (Å²) in [5, 5.41) is 5.54. The molecule has 35 heavy (non-hydrogen) atoms. The van der Waals surface area contributed by atoms with Crippen LogP contribution >= 0.6 is 11.8 Å². The van der Waals surface area contributed by atoms with Gasteiger partial charge in [0.05, 0.1) is 24.2 Å². The molecule has 3 heterocycles. The van der Waals surface area contributed by atoms with Crippen molar-refractivity contribution in [3.63, 3.8) is 0 Å². The minimum atomic E-state index is -4.39. The number of anilines is 1. The Balaban J connectivity index is 1.45. The van der Waals surface area contributed by atoms with Crippen molar-refractivity contribution >= 4 is 29.4 Å². The van der Waals surface area contributed by atoms with Crippen molar-refractivity contribution in [3.05, 3.63) is 71.3 Å². The summed E-state index contributed by atoms with van der Waals surface area (Å²) in [6.07, 6.45) is -1.35. The lowest BCUT2D eigenvalue weighted by atomic mass is 10.1. The average molecular weight is 498 g/mol. The van der Waals surface area contributed by atoms with Gasteiger partial charge in [0.2, 0.25) is 5.96 Å². The fourth-order valence-corrected chi connectivity index (χ4v) is 6.07. The summed E-state index contributed by atoms with van der Waals surface area (Å²) >= 11 is 1.43. The average Bonchev–Trinajstić information content (AvgIpc) is 3.52. The number of rotatable bonds is 4. The van der Waals surface area contributed by atoms with E-state index in [0.717, 1.165) is 36.3 Å². The summed E-state index contributed by atoms with van der Waals surface area (Å²) in [5.41, 5.74) is 0.490. The van der Waals surface area contributed by atoms with E-state index in [0.29, 0.717) is 27.9 Å². The van der Waals surface area contributed by atoms with Gasteiger partial charge in [-0.3, -0.25) is 19.3 Å². The Morgan fingerprint density at radius 3 is 2.51 bits per heavy atom. The van der Waals surface area contributed by atoms with Crippen LogP contribution in [0.3, 0.4) is 0 Å². The summed E-state index contributed by atoms with van der Waals surface area (Å²) < 4.78 is 40.9. The highest BCUT2D eigenvalue weighted by Gasteiger charge is 2.49. The molecule has 0 saturated heterocycles. The number of amides is 1. The largest absolute Gasteiger partial charge is 0.416 e. The number of alkyl halides is 3. The minimum absolute atomic E-state index is 0.150. The van der Waals surface area contributed by atoms with Gasteiger partial charge in [-0.1, -0.05) is 42.1 Å². The van der Waals surface area contributed by atoms with Crippen molar-refractivity contribution in [2.24, 2.45) is 4.99 Å². The third-order valence-corrected chi connectivity index (χ3v) is 7.89. The zero-order valence-corrected chi connectivity index (χ0v) is 19.7. The first-order valence-corrected chi connectivity index (χ1v) is 12.3. The highest BCUT2D eigenvalue weighted by Crippen LogP contribution is 2.44. The molecule has 3 aliphatic rings. The number of benzene rings is 2. The van der Waals surface area contributed by atoms with E-state index in [1.807, 2.05) is 30.3 Å². The van der Waals surface area contributed by atoms with Gasteiger partial charge in [0.1, 0.15) is 10.6 Å². The molecule has 6 nitrogen and oxygen atoms in total. The third-order valence-electron chi connectivity index (χ3n) is 6.78. The molecule has 3 aromatic rings. The Labute approximate surface area is 204 Å². The zero-order chi connectivity index (χ0) is 24.3. The quantitative estimate of drug-likeness (QED) is 0.492. The van der Waals surface area contributed by atoms with Crippen LogP contribution in [0.25, 0.3) is 0 Å². The standard InChI is InChI=1S/C25H22F3N5OS/c1-31-22(34)20-21(33-19-9-5-8-18(19)29-24(31)33)30-32(23(20)35-17-6-3-2-4-7-17)14-15-10-12-16(13-11-15)25(26,27)28/h2-4,6-7,10-13,18-19H,5,8-9,14H2,1H3/t18-,19+/m0/s1. The van der Waals surface area contributed by atoms with Crippen molar-refractivity contribution in [1.82, 2.24) is 14.7 Å². The fraction of sp³-hybridized carbons (Fsp3) is 0.320. The Hall–Kier alpha value is -3.27. The SMILES string of the molecule is CN1C(=O)c2c(nn(Cc3ccc(C(F)(F)F)cc3)c2Sc2ccccc2)N2C1=N[C@H]1CCC[C@H]12. The molecular formula is C25H22F3N5OS. The molecule has 6 rings (SSSR count). The molecule has 0 spiro atoms. The van der Waals surface area contributed by atoms with Crippen LogP contribution < -0.4 is 4.90 Å². The van der Waals surface area contributed by atoms with Gasteiger partial charge in [-0.2, -0.15) is 18.3 Å². The molecule has 1 aliphatic carbocycles. The van der Waals surface area contributed by atoms with Crippen molar-refractivity contribution < 1.29 is 18.0 Å². The summed E-state index contributed by atoms with van der Waals surface area (Å²) in [5.74, 6) is 1.05. The number of carbonyl (C=O) groups excluding carboxylic acids is 1. The van der Waals surface area contributed by atoms with Crippen LogP contribution in [-0.2, 0) is 12.7 Å². The van der Waals surface area contributed by atoms with Crippen LogP contribution in [0.1, 0.15) is 40.7 Å². The number of guanidine groups is 1. The number of aromatic nitrogens is 2. The maximum Gasteiger partial charge on any atom is 0.416 e. The van der Waals surface area contributed by atoms with E-state index in [-0.39, 0.29) is 24.5 Å². The van der Waals surface area contributed by atoms with Crippen LogP contribution in [0.5, 0.6) is 0 Å². The van der Waals surface area contributed by atoms with Gasteiger partial charge in [0.25, 0.3) is 5.91 Å². The molecule has 1 amide bonds. The van der Waals surface area contributed by atoms with Gasteiger partial charge in [0, 0.05) is 11.9 Å². The van der Waals surface area contributed by atoms with E-state index in [2.05, 4.69) is 4.90 Å². The van der Waals surface area contributed by atoms with Gasteiger partial charge in [0.15, 0.2) is 5.82 Å². The van der Waals surface area contributed by atoms with Crippen LogP contribution in [0.15, 0.2) is 69.5 Å². The smallest absolute Gasteiger partial charge is 0.289 e. The van der Waals surface area contributed by atoms with Crippen LogP contribution in [-0.4, -0.2) is 45.7 Å². The van der Waals surface area contributed by atoms with E-state index in [1.54, 1.807) is 16.6 Å². The number of aliphatic imine (C=N–C) groups is 1.